The molecule has 2 aromatic heterocycles. The third kappa shape index (κ3) is 1.83. The summed E-state index contributed by atoms with van der Waals surface area (Å²) in [5.41, 5.74) is 2.31. The number of hydrogen-bond acceptors (Lipinski definition) is 2. The summed E-state index contributed by atoms with van der Waals surface area (Å²) >= 11 is 7.48. The number of halogens is 1. The number of aryl methyl sites for hydroxylation is 1. The minimum atomic E-state index is 0.842. The molecule has 0 aromatic carbocycles. The molecule has 14 heavy (non-hydrogen) atoms. The molecule has 0 unspecified atom stereocenters. The highest BCUT2D eigenvalue weighted by atomic mass is 35.5. The van der Waals surface area contributed by atoms with Crippen LogP contribution in [0.4, 0.5) is 0 Å². The van der Waals surface area contributed by atoms with Gasteiger partial charge in [0.1, 0.15) is 0 Å². The first-order chi connectivity index (χ1) is 6.66. The van der Waals surface area contributed by atoms with Crippen molar-refractivity contribution in [1.82, 2.24) is 9.55 Å². The number of rotatable bonds is 2. The molecular formula is C10H11ClN2S. The van der Waals surface area contributed by atoms with E-state index in [1.54, 1.807) is 11.3 Å². The molecule has 0 aliphatic carbocycles. The van der Waals surface area contributed by atoms with Crippen molar-refractivity contribution in [3.8, 4) is 0 Å². The van der Waals surface area contributed by atoms with E-state index in [-0.39, 0.29) is 0 Å². The molecule has 0 saturated heterocycles. The van der Waals surface area contributed by atoms with Crippen LogP contribution in [-0.2, 0) is 6.54 Å². The first-order valence-electron chi connectivity index (χ1n) is 4.39. The third-order valence-electron chi connectivity index (χ3n) is 2.30. The van der Waals surface area contributed by atoms with Gasteiger partial charge >= 0.3 is 0 Å². The van der Waals surface area contributed by atoms with Gasteiger partial charge in [0.25, 0.3) is 0 Å². The van der Waals surface area contributed by atoms with Gasteiger partial charge in [-0.3, -0.25) is 0 Å². The molecule has 4 heteroatoms. The molecule has 74 valence electrons. The zero-order valence-electron chi connectivity index (χ0n) is 8.12. The standard InChI is InChI=1S/C10H11ClN2S/c1-7-8(2)13(6-12-7)5-9-3-4-10(11)14-9/h3-4,6H,5H2,1-2H3. The van der Waals surface area contributed by atoms with E-state index in [2.05, 4.69) is 22.5 Å². The Morgan fingerprint density at radius 3 is 2.71 bits per heavy atom. The Kier molecular flexibility index (Phi) is 2.61. The average Bonchev–Trinajstić information content (AvgIpc) is 2.67. The number of imidazole rings is 1. The molecule has 0 aliphatic heterocycles. The molecule has 0 atom stereocenters. The summed E-state index contributed by atoms with van der Waals surface area (Å²) in [7, 11) is 0. The highest BCUT2D eigenvalue weighted by Crippen LogP contribution is 2.22. The third-order valence-corrected chi connectivity index (χ3v) is 3.52. The summed E-state index contributed by atoms with van der Waals surface area (Å²) in [5.74, 6) is 0. The molecule has 0 saturated carbocycles. The molecule has 0 amide bonds. The molecule has 2 heterocycles. The number of hydrogen-bond donors (Lipinski definition) is 0. The molecule has 0 radical (unpaired) electrons. The van der Waals surface area contributed by atoms with Crippen LogP contribution in [0, 0.1) is 13.8 Å². The Hall–Kier alpha value is -0.800. The van der Waals surface area contributed by atoms with Crippen LogP contribution < -0.4 is 0 Å². The Labute approximate surface area is 92.2 Å². The maximum Gasteiger partial charge on any atom is 0.0954 e. The topological polar surface area (TPSA) is 17.8 Å². The van der Waals surface area contributed by atoms with Crippen molar-refractivity contribution < 1.29 is 0 Å². The smallest absolute Gasteiger partial charge is 0.0954 e. The summed E-state index contributed by atoms with van der Waals surface area (Å²) in [6.07, 6.45) is 1.87. The lowest BCUT2D eigenvalue weighted by Gasteiger charge is -2.02. The van der Waals surface area contributed by atoms with Gasteiger partial charge in [-0.25, -0.2) is 4.98 Å². The molecule has 0 fully saturated rings. The van der Waals surface area contributed by atoms with E-state index >= 15 is 0 Å². The zero-order valence-corrected chi connectivity index (χ0v) is 9.69. The van der Waals surface area contributed by atoms with Gasteiger partial charge < -0.3 is 4.57 Å². The lowest BCUT2D eigenvalue weighted by atomic mass is 10.3. The van der Waals surface area contributed by atoms with E-state index in [0.717, 1.165) is 16.6 Å². The van der Waals surface area contributed by atoms with Crippen molar-refractivity contribution in [2.24, 2.45) is 0 Å². The quantitative estimate of drug-likeness (QED) is 0.769. The lowest BCUT2D eigenvalue weighted by Crippen LogP contribution is -1.98. The minimum absolute atomic E-state index is 0.842. The maximum atomic E-state index is 5.87. The van der Waals surface area contributed by atoms with Gasteiger partial charge in [-0.2, -0.15) is 0 Å². The molecule has 0 N–H and O–H groups in total. The Balaban J connectivity index is 2.22. The Morgan fingerprint density at radius 2 is 2.21 bits per heavy atom. The van der Waals surface area contributed by atoms with Gasteiger partial charge in [0.2, 0.25) is 0 Å². The SMILES string of the molecule is Cc1ncn(Cc2ccc(Cl)s2)c1C. The van der Waals surface area contributed by atoms with Crippen LogP contribution in [0.15, 0.2) is 18.5 Å². The predicted octanol–water partition coefficient (Wildman–Crippen LogP) is 3.26. The summed E-state index contributed by atoms with van der Waals surface area (Å²) in [6, 6.07) is 3.99. The largest absolute Gasteiger partial charge is 0.329 e. The van der Waals surface area contributed by atoms with Crippen molar-refractivity contribution in [2.75, 3.05) is 0 Å². The Bertz CT molecular complexity index is 445. The molecule has 0 bridgehead atoms. The maximum absolute atomic E-state index is 5.87. The number of aromatic nitrogens is 2. The second-order valence-corrected chi connectivity index (χ2v) is 5.05. The van der Waals surface area contributed by atoms with Gasteiger partial charge in [-0.15, -0.1) is 11.3 Å². The summed E-state index contributed by atoms with van der Waals surface area (Å²) < 4.78 is 2.98. The fourth-order valence-corrected chi connectivity index (χ4v) is 2.39. The van der Waals surface area contributed by atoms with Crippen molar-refractivity contribution in [1.29, 1.82) is 0 Å². The lowest BCUT2D eigenvalue weighted by molar-refractivity contribution is 0.779. The number of nitrogens with zero attached hydrogens (tertiary/aromatic N) is 2. The summed E-state index contributed by atoms with van der Waals surface area (Å²) in [6.45, 7) is 4.97. The van der Waals surface area contributed by atoms with Crippen LogP contribution in [0.1, 0.15) is 16.3 Å². The van der Waals surface area contributed by atoms with E-state index in [4.69, 9.17) is 11.6 Å². The summed E-state index contributed by atoms with van der Waals surface area (Å²) in [5, 5.41) is 0. The fourth-order valence-electron chi connectivity index (χ4n) is 1.31. The van der Waals surface area contributed by atoms with Crippen LogP contribution in [0.2, 0.25) is 4.34 Å². The van der Waals surface area contributed by atoms with E-state index in [9.17, 15) is 0 Å². The van der Waals surface area contributed by atoms with E-state index in [1.807, 2.05) is 19.3 Å². The first-order valence-corrected chi connectivity index (χ1v) is 5.59. The van der Waals surface area contributed by atoms with Gasteiger partial charge in [0, 0.05) is 10.6 Å². The van der Waals surface area contributed by atoms with Crippen LogP contribution >= 0.6 is 22.9 Å². The molecule has 0 aliphatic rings. The molecule has 2 rings (SSSR count). The molecule has 2 nitrogen and oxygen atoms in total. The van der Waals surface area contributed by atoms with Crippen molar-refractivity contribution in [2.45, 2.75) is 20.4 Å². The van der Waals surface area contributed by atoms with Gasteiger partial charge in [-0.05, 0) is 26.0 Å². The highest BCUT2D eigenvalue weighted by molar-refractivity contribution is 7.16. The second-order valence-electron chi connectivity index (χ2n) is 3.25. The van der Waals surface area contributed by atoms with Crippen LogP contribution in [0.3, 0.4) is 0 Å². The molecule has 0 spiro atoms. The van der Waals surface area contributed by atoms with Crippen LogP contribution in [0.25, 0.3) is 0 Å². The highest BCUT2D eigenvalue weighted by Gasteiger charge is 2.04. The van der Waals surface area contributed by atoms with Gasteiger partial charge in [0.15, 0.2) is 0 Å². The monoisotopic (exact) mass is 226 g/mol. The minimum Gasteiger partial charge on any atom is -0.329 e. The van der Waals surface area contributed by atoms with Gasteiger partial charge in [0.05, 0.1) is 22.9 Å². The van der Waals surface area contributed by atoms with E-state index in [0.29, 0.717) is 0 Å². The van der Waals surface area contributed by atoms with E-state index in [1.165, 1.54) is 10.6 Å². The zero-order chi connectivity index (χ0) is 10.1. The average molecular weight is 227 g/mol. The predicted molar refractivity (Wildman–Crippen MR) is 60.1 cm³/mol. The number of thiophene rings is 1. The fraction of sp³-hybridized carbons (Fsp3) is 0.300. The van der Waals surface area contributed by atoms with Crippen LogP contribution in [0.5, 0.6) is 0 Å². The summed E-state index contributed by atoms with van der Waals surface area (Å²) in [4.78, 5) is 5.51. The molecular weight excluding hydrogens is 216 g/mol. The van der Waals surface area contributed by atoms with Gasteiger partial charge in [-0.1, -0.05) is 11.6 Å². The van der Waals surface area contributed by atoms with Crippen molar-refractivity contribution in [3.05, 3.63) is 39.1 Å². The Morgan fingerprint density at radius 1 is 1.43 bits per heavy atom. The second kappa shape index (κ2) is 3.75. The normalized spacial score (nSPS) is 10.8. The van der Waals surface area contributed by atoms with Crippen molar-refractivity contribution in [3.63, 3.8) is 0 Å². The first kappa shape index (κ1) is 9.74. The van der Waals surface area contributed by atoms with E-state index < -0.39 is 0 Å². The van der Waals surface area contributed by atoms with Crippen LogP contribution in [-0.4, -0.2) is 9.55 Å². The molecule has 2 aromatic rings. The van der Waals surface area contributed by atoms with Crippen molar-refractivity contribution >= 4 is 22.9 Å².